The maximum atomic E-state index is 12.0. The third-order valence-corrected chi connectivity index (χ3v) is 5.12. The number of unbranched alkanes of at least 4 members (excludes halogenated alkanes) is 1. The quantitative estimate of drug-likeness (QED) is 0.256. The molecule has 3 unspecified atom stereocenters. The van der Waals surface area contributed by atoms with Crippen molar-refractivity contribution < 1.29 is 9.53 Å². The molecule has 0 spiro atoms. The van der Waals surface area contributed by atoms with Crippen LogP contribution in [0.2, 0.25) is 0 Å². The van der Waals surface area contributed by atoms with Crippen molar-refractivity contribution in [1.29, 1.82) is 0 Å². The van der Waals surface area contributed by atoms with Gasteiger partial charge in [-0.25, -0.2) is 0 Å². The minimum Gasteiger partial charge on any atom is -0.465 e. The van der Waals surface area contributed by atoms with Gasteiger partial charge in [0, 0.05) is 6.04 Å². The van der Waals surface area contributed by atoms with Gasteiger partial charge in [0.1, 0.15) is 0 Å². The highest BCUT2D eigenvalue weighted by atomic mass is 127. The summed E-state index contributed by atoms with van der Waals surface area (Å²) in [6, 6.07) is 0.634. The SMILES string of the molecule is CCCCOC(=O)C1CC(I)N2CCCC2C1. The molecule has 0 bridgehead atoms. The van der Waals surface area contributed by atoms with E-state index in [2.05, 4.69) is 34.4 Å². The molecule has 0 aromatic rings. The topological polar surface area (TPSA) is 29.5 Å². The number of piperidine rings is 1. The lowest BCUT2D eigenvalue weighted by Gasteiger charge is -2.37. The van der Waals surface area contributed by atoms with Crippen LogP contribution >= 0.6 is 22.6 Å². The van der Waals surface area contributed by atoms with Crippen LogP contribution in [0.25, 0.3) is 0 Å². The second-order valence-corrected chi connectivity index (χ2v) is 6.60. The van der Waals surface area contributed by atoms with E-state index >= 15 is 0 Å². The smallest absolute Gasteiger partial charge is 0.309 e. The van der Waals surface area contributed by atoms with Crippen molar-refractivity contribution in [3.05, 3.63) is 0 Å². The highest BCUT2D eigenvalue weighted by Gasteiger charge is 2.40. The zero-order valence-electron chi connectivity index (χ0n) is 10.5. The molecule has 2 rings (SSSR count). The van der Waals surface area contributed by atoms with Crippen LogP contribution in [-0.4, -0.2) is 34.1 Å². The van der Waals surface area contributed by atoms with Crippen molar-refractivity contribution >= 4 is 28.6 Å². The number of carbonyl (C=O) groups excluding carboxylic acids is 1. The van der Waals surface area contributed by atoms with Gasteiger partial charge in [-0.3, -0.25) is 9.69 Å². The summed E-state index contributed by atoms with van der Waals surface area (Å²) in [6.45, 7) is 3.94. The van der Waals surface area contributed by atoms with Crippen molar-refractivity contribution in [3.63, 3.8) is 0 Å². The normalized spacial score (nSPS) is 33.4. The van der Waals surface area contributed by atoms with E-state index in [0.717, 1.165) is 25.7 Å². The van der Waals surface area contributed by atoms with Gasteiger partial charge in [0.15, 0.2) is 0 Å². The first-order chi connectivity index (χ1) is 8.22. The van der Waals surface area contributed by atoms with E-state index in [1.54, 1.807) is 0 Å². The predicted molar refractivity (Wildman–Crippen MR) is 76.1 cm³/mol. The van der Waals surface area contributed by atoms with Crippen LogP contribution in [0.3, 0.4) is 0 Å². The minimum atomic E-state index is 0.0478. The third kappa shape index (κ3) is 3.34. The molecule has 0 N–H and O–H groups in total. The Morgan fingerprint density at radius 2 is 2.29 bits per heavy atom. The highest BCUT2D eigenvalue weighted by Crippen LogP contribution is 2.37. The molecule has 2 aliphatic heterocycles. The van der Waals surface area contributed by atoms with Gasteiger partial charge in [0.2, 0.25) is 0 Å². The van der Waals surface area contributed by atoms with Gasteiger partial charge < -0.3 is 4.74 Å². The van der Waals surface area contributed by atoms with Gasteiger partial charge in [-0.05, 0) is 38.6 Å². The molecule has 3 nitrogen and oxygen atoms in total. The fourth-order valence-electron chi connectivity index (χ4n) is 2.90. The summed E-state index contributed by atoms with van der Waals surface area (Å²) in [6.07, 6.45) is 6.62. The zero-order chi connectivity index (χ0) is 12.3. The van der Waals surface area contributed by atoms with Crippen LogP contribution in [0.15, 0.2) is 0 Å². The molecule has 0 aromatic heterocycles. The van der Waals surface area contributed by atoms with E-state index in [4.69, 9.17) is 4.74 Å². The Kier molecular flexibility index (Phi) is 5.09. The molecular formula is C13H22INO2. The molecule has 4 heteroatoms. The van der Waals surface area contributed by atoms with Crippen LogP contribution in [-0.2, 0) is 9.53 Å². The number of esters is 1. The molecule has 0 aromatic carbocycles. The van der Waals surface area contributed by atoms with Gasteiger partial charge in [-0.15, -0.1) is 0 Å². The van der Waals surface area contributed by atoms with E-state index in [-0.39, 0.29) is 11.9 Å². The van der Waals surface area contributed by atoms with Crippen molar-refractivity contribution in [3.8, 4) is 0 Å². The van der Waals surface area contributed by atoms with Crippen molar-refractivity contribution in [2.75, 3.05) is 13.2 Å². The summed E-state index contributed by atoms with van der Waals surface area (Å²) < 4.78 is 5.88. The maximum Gasteiger partial charge on any atom is 0.309 e. The average Bonchev–Trinajstić information content (AvgIpc) is 2.77. The Morgan fingerprint density at radius 1 is 1.47 bits per heavy atom. The summed E-state index contributed by atoms with van der Waals surface area (Å²) >= 11 is 2.49. The van der Waals surface area contributed by atoms with E-state index in [1.807, 2.05) is 0 Å². The summed E-state index contributed by atoms with van der Waals surface area (Å²) in [7, 11) is 0. The van der Waals surface area contributed by atoms with Crippen LogP contribution in [0.4, 0.5) is 0 Å². The van der Waals surface area contributed by atoms with Crippen LogP contribution in [0.5, 0.6) is 0 Å². The minimum absolute atomic E-state index is 0.0478. The molecule has 2 heterocycles. The Balaban J connectivity index is 1.83. The number of nitrogens with zero attached hydrogens (tertiary/aromatic N) is 1. The van der Waals surface area contributed by atoms with E-state index < -0.39 is 0 Å². The lowest BCUT2D eigenvalue weighted by Crippen LogP contribution is -2.44. The molecule has 0 saturated carbocycles. The number of halogens is 1. The lowest BCUT2D eigenvalue weighted by atomic mass is 9.91. The van der Waals surface area contributed by atoms with E-state index in [1.165, 1.54) is 19.4 Å². The van der Waals surface area contributed by atoms with Gasteiger partial charge in [-0.2, -0.15) is 0 Å². The highest BCUT2D eigenvalue weighted by molar-refractivity contribution is 14.1. The van der Waals surface area contributed by atoms with Gasteiger partial charge in [0.25, 0.3) is 0 Å². The fraction of sp³-hybridized carbons (Fsp3) is 0.923. The molecule has 0 amide bonds. The van der Waals surface area contributed by atoms with Gasteiger partial charge in [-0.1, -0.05) is 35.9 Å². The fourth-order valence-corrected chi connectivity index (χ4v) is 4.25. The van der Waals surface area contributed by atoms with Gasteiger partial charge in [0.05, 0.1) is 16.6 Å². The molecule has 0 radical (unpaired) electrons. The number of alkyl halides is 1. The number of hydrogen-bond donors (Lipinski definition) is 0. The molecule has 2 aliphatic rings. The second-order valence-electron chi connectivity index (χ2n) is 5.16. The van der Waals surface area contributed by atoms with Crippen LogP contribution in [0.1, 0.15) is 45.4 Å². The Labute approximate surface area is 117 Å². The van der Waals surface area contributed by atoms with Crippen molar-refractivity contribution in [2.45, 2.75) is 55.5 Å². The Bertz CT molecular complexity index is 272. The van der Waals surface area contributed by atoms with Crippen LogP contribution < -0.4 is 0 Å². The summed E-state index contributed by atoms with van der Waals surface area (Å²) in [4.78, 5) is 14.5. The van der Waals surface area contributed by atoms with E-state index in [9.17, 15) is 4.79 Å². The third-order valence-electron chi connectivity index (χ3n) is 3.89. The summed E-state index contributed by atoms with van der Waals surface area (Å²) in [5.41, 5.74) is 0. The molecule has 2 fully saturated rings. The first-order valence-corrected chi connectivity index (χ1v) is 8.03. The number of fused-ring (bicyclic) bond motifs is 1. The van der Waals surface area contributed by atoms with Crippen LogP contribution in [0, 0.1) is 5.92 Å². The second kappa shape index (κ2) is 6.36. The number of hydrogen-bond acceptors (Lipinski definition) is 3. The molecule has 3 atom stereocenters. The number of rotatable bonds is 4. The molecular weight excluding hydrogens is 329 g/mol. The first kappa shape index (κ1) is 13.6. The number of ether oxygens (including phenoxy) is 1. The Morgan fingerprint density at radius 3 is 3.06 bits per heavy atom. The molecule has 98 valence electrons. The number of carbonyl (C=O) groups is 1. The van der Waals surface area contributed by atoms with Crippen molar-refractivity contribution in [2.24, 2.45) is 5.92 Å². The first-order valence-electron chi connectivity index (χ1n) is 6.78. The monoisotopic (exact) mass is 351 g/mol. The largest absolute Gasteiger partial charge is 0.465 e. The standard InChI is InChI=1S/C13H22INO2/c1-2-3-7-17-13(16)10-8-11-5-4-6-15(11)12(14)9-10/h10-12H,2-9H2,1H3. The Hall–Kier alpha value is 0.160. The molecule has 17 heavy (non-hydrogen) atoms. The van der Waals surface area contributed by atoms with E-state index in [0.29, 0.717) is 16.7 Å². The summed E-state index contributed by atoms with van der Waals surface area (Å²) in [5, 5.41) is 0. The summed E-state index contributed by atoms with van der Waals surface area (Å²) in [5.74, 6) is 0.194. The zero-order valence-corrected chi connectivity index (χ0v) is 12.7. The predicted octanol–water partition coefficient (Wildman–Crippen LogP) is 2.97. The van der Waals surface area contributed by atoms with Crippen molar-refractivity contribution in [1.82, 2.24) is 4.90 Å². The average molecular weight is 351 g/mol. The lowest BCUT2D eigenvalue weighted by molar-refractivity contribution is -0.151. The maximum absolute atomic E-state index is 12.0. The molecule has 0 aliphatic carbocycles. The molecule has 2 saturated heterocycles. The van der Waals surface area contributed by atoms with Gasteiger partial charge >= 0.3 is 5.97 Å².